The fourth-order valence-electron chi connectivity index (χ4n) is 5.73. The highest BCUT2D eigenvalue weighted by molar-refractivity contribution is 8.02. The number of thioether (sulfide) groups is 1. The molecule has 3 atom stereocenters. The average molecular weight is 741 g/mol. The van der Waals surface area contributed by atoms with Crippen LogP contribution >= 0.6 is 27.2 Å². The molecule has 1 fully saturated rings. The van der Waals surface area contributed by atoms with Crippen LogP contribution in [0.1, 0.15) is 108 Å². The first-order chi connectivity index (χ1) is 21.5. The molecule has 0 spiro atoms. The van der Waals surface area contributed by atoms with Gasteiger partial charge in [-0.15, -0.1) is 11.8 Å². The molecule has 2 N–H and O–H groups in total. The van der Waals surface area contributed by atoms with Crippen molar-refractivity contribution in [3.8, 4) is 0 Å². The summed E-state index contributed by atoms with van der Waals surface area (Å²) in [7, 11) is -8.87. The molecule has 0 aromatic carbocycles. The lowest BCUT2D eigenvalue weighted by Crippen LogP contribution is -2.41. The van der Waals surface area contributed by atoms with Gasteiger partial charge >= 0.3 is 15.4 Å². The van der Waals surface area contributed by atoms with E-state index in [2.05, 4.69) is 0 Å². The van der Waals surface area contributed by atoms with Crippen molar-refractivity contribution in [2.75, 3.05) is 19.7 Å². The number of carbonyl (C=O) groups excluding carboxylic acids is 4. The van der Waals surface area contributed by atoms with Crippen LogP contribution in [0.15, 0.2) is 12.2 Å². The van der Waals surface area contributed by atoms with E-state index in [1.807, 2.05) is 20.8 Å². The monoisotopic (exact) mass is 740 g/mol. The predicted octanol–water partition coefficient (Wildman–Crippen LogP) is 5.56. The van der Waals surface area contributed by atoms with E-state index in [0.29, 0.717) is 6.42 Å². The minimum absolute atomic E-state index is 0.0534. The molecule has 0 aromatic rings. The first kappa shape index (κ1) is 42.8. The van der Waals surface area contributed by atoms with Gasteiger partial charge in [-0.2, -0.15) is 0 Å². The number of ether oxygens (including phenoxy) is 1. The summed E-state index contributed by atoms with van der Waals surface area (Å²) in [4.78, 5) is 72.9. The van der Waals surface area contributed by atoms with E-state index in [9.17, 15) is 38.1 Å². The third kappa shape index (κ3) is 12.4. The van der Waals surface area contributed by atoms with E-state index in [0.717, 1.165) is 28.4 Å². The molecule has 4 amide bonds. The molecule has 276 valence electrons. The molecule has 0 aliphatic carbocycles. The summed E-state index contributed by atoms with van der Waals surface area (Å²) in [5.74, 6) is -1.82. The quantitative estimate of drug-likeness (QED) is 0.117. The van der Waals surface area contributed by atoms with E-state index in [4.69, 9.17) is 18.3 Å². The smallest absolute Gasteiger partial charge is 0.363 e. The first-order valence-electron chi connectivity index (χ1n) is 16.0. The van der Waals surface area contributed by atoms with Crippen molar-refractivity contribution in [3.63, 3.8) is 0 Å². The lowest BCUT2D eigenvalue weighted by molar-refractivity contribution is -0.142. The van der Waals surface area contributed by atoms with E-state index >= 15 is 0 Å². The average Bonchev–Trinajstić information content (AvgIpc) is 3.29. The third-order valence-corrected chi connectivity index (χ3v) is 12.9. The molecule has 2 aliphatic rings. The van der Waals surface area contributed by atoms with Gasteiger partial charge in [0.25, 0.3) is 11.8 Å². The van der Waals surface area contributed by atoms with E-state index in [-0.39, 0.29) is 39.0 Å². The van der Waals surface area contributed by atoms with Crippen molar-refractivity contribution >= 4 is 50.8 Å². The van der Waals surface area contributed by atoms with Gasteiger partial charge in [0.1, 0.15) is 0 Å². The number of amides is 4. The molecule has 2 rings (SSSR count). The van der Waals surface area contributed by atoms with Gasteiger partial charge in [-0.05, 0) is 74.7 Å². The summed E-state index contributed by atoms with van der Waals surface area (Å²) in [6.07, 6.45) is 3.84. The number of phosphoric ester groups is 1. The van der Waals surface area contributed by atoms with Gasteiger partial charge in [0.05, 0.1) is 28.7 Å². The van der Waals surface area contributed by atoms with E-state index < -0.39 is 71.2 Å². The third-order valence-electron chi connectivity index (χ3n) is 7.75. The summed E-state index contributed by atoms with van der Waals surface area (Å²) in [6.45, 7) is 18.1. The lowest BCUT2D eigenvalue weighted by atomic mass is 9.96. The summed E-state index contributed by atoms with van der Waals surface area (Å²) in [5.41, 5.74) is -3.21. The van der Waals surface area contributed by atoms with Crippen molar-refractivity contribution in [2.24, 2.45) is 0 Å². The zero-order valence-corrected chi connectivity index (χ0v) is 32.7. The SMILES string of the molecule is CCCC(C)(C)OP(=O)(O)OC(C)(C)CCOC(C)(C)P(=O)(O)OC(C)(C)CC(C)(C)SC1CC(=O)N(CCN2C(=O)C=CC2=O)C1=O. The summed E-state index contributed by atoms with van der Waals surface area (Å²) in [6, 6.07) is 0. The first-order valence-corrected chi connectivity index (χ1v) is 20.0. The minimum atomic E-state index is -4.45. The molecular weight excluding hydrogens is 686 g/mol. The molecule has 0 aromatic heterocycles. The number of nitrogens with zero attached hydrogens (tertiary/aromatic N) is 2. The van der Waals surface area contributed by atoms with Crippen LogP contribution in [0.25, 0.3) is 0 Å². The Kier molecular flexibility index (Phi) is 13.8. The summed E-state index contributed by atoms with van der Waals surface area (Å²) < 4.78 is 48.0. The standard InChI is InChI=1S/C31H54N2O12P2S/c1-12-15-27(2,3)44-47(40,41)45-28(4,5)16-19-42-31(10,11)46(38,39)43-29(6,7)21-30(8,9)48-22-20-25(36)33(26(22)37)18-17-32-23(34)13-14-24(32)35/h13-14,22H,12,15-21H2,1-11H3,(H,38,39)(H,40,41). The second-order valence-electron chi connectivity index (χ2n) is 15.1. The second-order valence-corrected chi connectivity index (χ2v) is 20.6. The molecule has 17 heteroatoms. The van der Waals surface area contributed by atoms with Crippen molar-refractivity contribution in [3.05, 3.63) is 12.2 Å². The predicted molar refractivity (Wildman–Crippen MR) is 182 cm³/mol. The number of imide groups is 2. The van der Waals surface area contributed by atoms with Crippen LogP contribution in [0, 0.1) is 0 Å². The number of carbonyl (C=O) groups is 4. The molecule has 2 heterocycles. The van der Waals surface area contributed by atoms with E-state index in [1.54, 1.807) is 41.5 Å². The maximum Gasteiger partial charge on any atom is 0.473 e. The largest absolute Gasteiger partial charge is 0.473 e. The number of likely N-dealkylation sites (tertiary alicyclic amines) is 1. The molecule has 3 unspecified atom stereocenters. The second kappa shape index (κ2) is 15.5. The zero-order chi connectivity index (χ0) is 37.1. The van der Waals surface area contributed by atoms with Crippen molar-refractivity contribution < 1.29 is 56.4 Å². The van der Waals surface area contributed by atoms with Gasteiger partial charge in [0, 0.05) is 36.4 Å². The van der Waals surface area contributed by atoms with Gasteiger partial charge in [-0.1, -0.05) is 27.2 Å². The Morgan fingerprint density at radius 3 is 1.81 bits per heavy atom. The fraction of sp³-hybridized carbons (Fsp3) is 0.806. The Labute approximate surface area is 288 Å². The van der Waals surface area contributed by atoms with Crippen molar-refractivity contribution in [1.82, 2.24) is 9.80 Å². The number of rotatable bonds is 20. The molecule has 2 aliphatic heterocycles. The van der Waals surface area contributed by atoms with Crippen LogP contribution in [0.3, 0.4) is 0 Å². The minimum Gasteiger partial charge on any atom is -0.363 e. The Bertz CT molecular complexity index is 1340. The molecule has 1 saturated heterocycles. The van der Waals surface area contributed by atoms with Crippen LogP contribution in [0.4, 0.5) is 0 Å². The molecule has 14 nitrogen and oxygen atoms in total. The zero-order valence-electron chi connectivity index (χ0n) is 30.1. The highest BCUT2D eigenvalue weighted by Crippen LogP contribution is 2.60. The lowest BCUT2D eigenvalue weighted by Gasteiger charge is -2.40. The summed E-state index contributed by atoms with van der Waals surface area (Å²) >= 11 is 1.25. The van der Waals surface area contributed by atoms with Crippen LogP contribution in [0.2, 0.25) is 0 Å². The van der Waals surface area contributed by atoms with Crippen LogP contribution < -0.4 is 0 Å². The van der Waals surface area contributed by atoms with Gasteiger partial charge in [-0.25, -0.2) is 4.57 Å². The Hall–Kier alpha value is -1.41. The number of hydrogen-bond acceptors (Lipinski definition) is 11. The highest BCUT2D eigenvalue weighted by Gasteiger charge is 2.49. The maximum absolute atomic E-state index is 13.6. The number of hydrogen-bond donors (Lipinski definition) is 2. The van der Waals surface area contributed by atoms with Crippen LogP contribution in [-0.2, 0) is 46.6 Å². The topological polar surface area (TPSA) is 186 Å². The van der Waals surface area contributed by atoms with Crippen LogP contribution in [-0.4, -0.2) is 95.1 Å². The Balaban J connectivity index is 1.95. The van der Waals surface area contributed by atoms with Gasteiger partial charge in [-0.3, -0.25) is 42.6 Å². The summed E-state index contributed by atoms with van der Waals surface area (Å²) in [5, 5.41) is -2.38. The van der Waals surface area contributed by atoms with Crippen molar-refractivity contribution in [2.45, 2.75) is 140 Å². The fourth-order valence-corrected chi connectivity index (χ4v) is 10.1. The molecule has 0 radical (unpaired) electrons. The van der Waals surface area contributed by atoms with Crippen LogP contribution in [0.5, 0.6) is 0 Å². The van der Waals surface area contributed by atoms with E-state index in [1.165, 1.54) is 25.6 Å². The van der Waals surface area contributed by atoms with Gasteiger partial charge < -0.3 is 19.0 Å². The molecule has 0 bridgehead atoms. The molecule has 0 saturated carbocycles. The maximum atomic E-state index is 13.6. The normalized spacial score (nSPS) is 21.0. The molecular formula is C31H54N2O12P2S. The van der Waals surface area contributed by atoms with Crippen molar-refractivity contribution in [1.29, 1.82) is 0 Å². The number of phosphoric acid groups is 1. The van der Waals surface area contributed by atoms with Gasteiger partial charge in [0.15, 0.2) is 5.34 Å². The molecule has 48 heavy (non-hydrogen) atoms. The highest BCUT2D eigenvalue weighted by atomic mass is 32.2. The van der Waals surface area contributed by atoms with Gasteiger partial charge in [0.2, 0.25) is 11.8 Å². The Morgan fingerprint density at radius 2 is 1.29 bits per heavy atom. The Morgan fingerprint density at radius 1 is 0.792 bits per heavy atom.